The average Bonchev–Trinajstić information content (AvgIpc) is 2.79. The van der Waals surface area contributed by atoms with Crippen molar-refractivity contribution < 1.29 is 26.3 Å². The molecule has 0 amide bonds. The second kappa shape index (κ2) is 4.29. The SMILES string of the molecule is FC(F)(F)c1ccc(-n2ccnc2)cc1C(F)(F)F. The fraction of sp³-hybridized carbons (Fsp3) is 0.182. The van der Waals surface area contributed by atoms with Crippen LogP contribution in [0.1, 0.15) is 11.1 Å². The van der Waals surface area contributed by atoms with Gasteiger partial charge in [-0.2, -0.15) is 26.3 Å². The highest BCUT2D eigenvalue weighted by Crippen LogP contribution is 2.40. The Morgan fingerprint density at radius 1 is 0.895 bits per heavy atom. The van der Waals surface area contributed by atoms with Crippen molar-refractivity contribution in [2.24, 2.45) is 0 Å². The molecular formula is C11H6F6N2. The van der Waals surface area contributed by atoms with E-state index in [4.69, 9.17) is 0 Å². The molecule has 1 heterocycles. The van der Waals surface area contributed by atoms with Crippen LogP contribution in [0.5, 0.6) is 0 Å². The third-order valence-corrected chi connectivity index (χ3v) is 2.42. The van der Waals surface area contributed by atoms with Crippen molar-refractivity contribution in [2.45, 2.75) is 12.4 Å². The lowest BCUT2D eigenvalue weighted by Crippen LogP contribution is -2.17. The van der Waals surface area contributed by atoms with Gasteiger partial charge in [-0.05, 0) is 18.2 Å². The number of hydrogen-bond acceptors (Lipinski definition) is 1. The number of rotatable bonds is 1. The number of hydrogen-bond donors (Lipinski definition) is 0. The Balaban J connectivity index is 2.61. The average molecular weight is 280 g/mol. The molecule has 19 heavy (non-hydrogen) atoms. The van der Waals surface area contributed by atoms with Crippen molar-refractivity contribution in [1.29, 1.82) is 0 Å². The largest absolute Gasteiger partial charge is 0.417 e. The molecule has 0 saturated carbocycles. The maximum atomic E-state index is 12.7. The summed E-state index contributed by atoms with van der Waals surface area (Å²) >= 11 is 0. The highest BCUT2D eigenvalue weighted by molar-refractivity contribution is 5.43. The van der Waals surface area contributed by atoms with Gasteiger partial charge in [-0.15, -0.1) is 0 Å². The molecule has 0 N–H and O–H groups in total. The summed E-state index contributed by atoms with van der Waals surface area (Å²) in [4.78, 5) is 3.62. The first-order valence-corrected chi connectivity index (χ1v) is 4.96. The van der Waals surface area contributed by atoms with Gasteiger partial charge in [0.25, 0.3) is 0 Å². The van der Waals surface area contributed by atoms with Crippen molar-refractivity contribution >= 4 is 0 Å². The van der Waals surface area contributed by atoms with E-state index in [0.717, 1.165) is 6.07 Å². The molecule has 0 bridgehead atoms. The van der Waals surface area contributed by atoms with Crippen LogP contribution < -0.4 is 0 Å². The summed E-state index contributed by atoms with van der Waals surface area (Å²) in [6.45, 7) is 0. The van der Waals surface area contributed by atoms with Gasteiger partial charge in [0.15, 0.2) is 0 Å². The second-order valence-electron chi connectivity index (χ2n) is 3.70. The summed E-state index contributed by atoms with van der Waals surface area (Å²) in [6.07, 6.45) is -6.30. The molecule has 0 aliphatic rings. The van der Waals surface area contributed by atoms with Gasteiger partial charge in [0.2, 0.25) is 0 Å². The predicted molar refractivity (Wildman–Crippen MR) is 53.6 cm³/mol. The lowest BCUT2D eigenvalue weighted by atomic mass is 10.1. The van der Waals surface area contributed by atoms with Crippen molar-refractivity contribution in [1.82, 2.24) is 9.55 Å². The molecule has 1 aromatic heterocycles. The molecule has 2 rings (SSSR count). The van der Waals surface area contributed by atoms with Crippen LogP contribution in [-0.2, 0) is 12.4 Å². The van der Waals surface area contributed by atoms with Crippen molar-refractivity contribution in [2.75, 3.05) is 0 Å². The molecule has 2 nitrogen and oxygen atoms in total. The topological polar surface area (TPSA) is 17.8 Å². The molecule has 0 radical (unpaired) electrons. The molecule has 0 unspecified atom stereocenters. The number of nitrogens with zero attached hydrogens (tertiary/aromatic N) is 2. The zero-order chi connectivity index (χ0) is 14.3. The van der Waals surface area contributed by atoms with Gasteiger partial charge < -0.3 is 4.57 Å². The van der Waals surface area contributed by atoms with Crippen LogP contribution in [0.15, 0.2) is 36.9 Å². The second-order valence-corrected chi connectivity index (χ2v) is 3.70. The summed E-state index contributed by atoms with van der Waals surface area (Å²) in [7, 11) is 0. The Bertz CT molecular complexity index is 568. The number of aromatic nitrogens is 2. The highest BCUT2D eigenvalue weighted by Gasteiger charge is 2.43. The van der Waals surface area contributed by atoms with Crippen LogP contribution in [0.2, 0.25) is 0 Å². The summed E-state index contributed by atoms with van der Waals surface area (Å²) < 4.78 is 76.8. The predicted octanol–water partition coefficient (Wildman–Crippen LogP) is 3.91. The van der Waals surface area contributed by atoms with E-state index in [1.807, 2.05) is 0 Å². The third kappa shape index (κ3) is 2.72. The fourth-order valence-electron chi connectivity index (χ4n) is 1.59. The van der Waals surface area contributed by atoms with Crippen LogP contribution in [0.25, 0.3) is 5.69 Å². The molecule has 8 heteroatoms. The fourth-order valence-corrected chi connectivity index (χ4v) is 1.59. The molecule has 0 atom stereocenters. The van der Waals surface area contributed by atoms with Crippen LogP contribution in [0.3, 0.4) is 0 Å². The first-order valence-electron chi connectivity index (χ1n) is 4.96. The number of imidazole rings is 1. The summed E-state index contributed by atoms with van der Waals surface area (Å²) in [5.74, 6) is 0. The minimum atomic E-state index is -5.08. The lowest BCUT2D eigenvalue weighted by Gasteiger charge is -2.16. The Kier molecular flexibility index (Phi) is 3.03. The Morgan fingerprint density at radius 2 is 1.53 bits per heavy atom. The van der Waals surface area contributed by atoms with Crippen LogP contribution in [0, 0.1) is 0 Å². The van der Waals surface area contributed by atoms with Crippen LogP contribution >= 0.6 is 0 Å². The minimum absolute atomic E-state index is 0.0437. The lowest BCUT2D eigenvalue weighted by molar-refractivity contribution is -0.162. The molecular weight excluding hydrogens is 274 g/mol. The summed E-state index contributed by atoms with van der Waals surface area (Å²) in [5, 5.41) is 0. The Morgan fingerprint density at radius 3 is 2.00 bits per heavy atom. The molecule has 1 aromatic carbocycles. The van der Waals surface area contributed by atoms with E-state index < -0.39 is 23.5 Å². The quantitative estimate of drug-likeness (QED) is 0.724. The van der Waals surface area contributed by atoms with Gasteiger partial charge in [-0.25, -0.2) is 4.98 Å². The van der Waals surface area contributed by atoms with Gasteiger partial charge in [0, 0.05) is 18.1 Å². The summed E-state index contributed by atoms with van der Waals surface area (Å²) in [6, 6.07) is 1.82. The van der Waals surface area contributed by atoms with E-state index in [-0.39, 0.29) is 5.69 Å². The number of halogens is 6. The number of benzene rings is 1. The molecule has 2 aromatic rings. The third-order valence-electron chi connectivity index (χ3n) is 2.42. The van der Waals surface area contributed by atoms with E-state index in [9.17, 15) is 26.3 Å². The van der Waals surface area contributed by atoms with E-state index in [1.54, 1.807) is 0 Å². The molecule has 0 spiro atoms. The molecule has 0 saturated heterocycles. The highest BCUT2D eigenvalue weighted by atomic mass is 19.4. The van der Waals surface area contributed by atoms with E-state index in [0.29, 0.717) is 12.1 Å². The zero-order valence-corrected chi connectivity index (χ0v) is 9.13. The Labute approximate surface area is 103 Å². The van der Waals surface area contributed by atoms with Crippen molar-refractivity contribution in [3.05, 3.63) is 48.0 Å². The molecule has 0 aliphatic heterocycles. The van der Waals surface area contributed by atoms with E-state index in [2.05, 4.69) is 4.98 Å². The Hall–Kier alpha value is -1.99. The molecule has 102 valence electrons. The minimum Gasteiger partial charge on any atom is -0.306 e. The first kappa shape index (κ1) is 13.4. The van der Waals surface area contributed by atoms with Gasteiger partial charge >= 0.3 is 12.4 Å². The van der Waals surface area contributed by atoms with Crippen molar-refractivity contribution in [3.8, 4) is 5.69 Å². The maximum absolute atomic E-state index is 12.7. The van der Waals surface area contributed by atoms with Gasteiger partial charge in [-0.3, -0.25) is 0 Å². The van der Waals surface area contributed by atoms with E-state index >= 15 is 0 Å². The van der Waals surface area contributed by atoms with Crippen LogP contribution in [0.4, 0.5) is 26.3 Å². The van der Waals surface area contributed by atoms with Gasteiger partial charge in [0.1, 0.15) is 0 Å². The number of alkyl halides is 6. The van der Waals surface area contributed by atoms with Gasteiger partial charge in [-0.1, -0.05) is 0 Å². The molecule has 0 aliphatic carbocycles. The first-order chi connectivity index (χ1) is 8.69. The zero-order valence-electron chi connectivity index (χ0n) is 9.13. The van der Waals surface area contributed by atoms with Gasteiger partial charge in [0.05, 0.1) is 17.5 Å². The molecule has 0 fully saturated rings. The maximum Gasteiger partial charge on any atom is 0.417 e. The summed E-state index contributed by atoms with van der Waals surface area (Å²) in [5.41, 5.74) is -3.46. The normalized spacial score (nSPS) is 12.7. The van der Waals surface area contributed by atoms with Crippen molar-refractivity contribution in [3.63, 3.8) is 0 Å². The standard InChI is InChI=1S/C11H6F6N2/c12-10(13,14)8-2-1-7(19-4-3-18-6-19)5-9(8)11(15,16)17/h1-6H. The van der Waals surface area contributed by atoms with E-state index in [1.165, 1.54) is 23.3 Å². The van der Waals surface area contributed by atoms with Crippen LogP contribution in [-0.4, -0.2) is 9.55 Å². The monoisotopic (exact) mass is 280 g/mol. The smallest absolute Gasteiger partial charge is 0.306 e.